The first-order valence-electron chi connectivity index (χ1n) is 7.04. The molecule has 24 heavy (non-hydrogen) atoms. The molecule has 4 rings (SSSR count). The Bertz CT molecular complexity index is 1100. The Hall–Kier alpha value is -3.26. The van der Waals surface area contributed by atoms with Gasteiger partial charge >= 0.3 is 0 Å². The summed E-state index contributed by atoms with van der Waals surface area (Å²) in [6.07, 6.45) is 1.65. The SMILES string of the molecule is O=C(Nc1nc2cc([N+](=O)[O-])ccc2s1)c1c[nH]c2ccccc12. The highest BCUT2D eigenvalue weighted by Gasteiger charge is 2.15. The first-order chi connectivity index (χ1) is 11.6. The minimum Gasteiger partial charge on any atom is -0.360 e. The molecule has 0 aliphatic heterocycles. The van der Waals surface area contributed by atoms with E-state index in [4.69, 9.17) is 0 Å². The van der Waals surface area contributed by atoms with Crippen molar-refractivity contribution in [3.05, 3.63) is 64.3 Å². The third-order valence-electron chi connectivity index (χ3n) is 3.64. The average Bonchev–Trinajstić information content (AvgIpc) is 3.17. The molecule has 8 heteroatoms. The molecule has 0 radical (unpaired) electrons. The number of non-ortho nitro benzene ring substituents is 1. The van der Waals surface area contributed by atoms with Crippen LogP contribution in [0.25, 0.3) is 21.1 Å². The maximum absolute atomic E-state index is 12.5. The van der Waals surface area contributed by atoms with Crippen LogP contribution in [0.15, 0.2) is 48.7 Å². The largest absolute Gasteiger partial charge is 0.360 e. The number of para-hydroxylation sites is 1. The fourth-order valence-electron chi connectivity index (χ4n) is 2.51. The molecule has 2 N–H and O–H groups in total. The highest BCUT2D eigenvalue weighted by Crippen LogP contribution is 2.29. The van der Waals surface area contributed by atoms with E-state index in [1.807, 2.05) is 24.3 Å². The Morgan fingerprint density at radius 1 is 1.25 bits per heavy atom. The van der Waals surface area contributed by atoms with Crippen molar-refractivity contribution in [1.82, 2.24) is 9.97 Å². The predicted molar refractivity (Wildman–Crippen MR) is 92.5 cm³/mol. The number of hydrogen-bond donors (Lipinski definition) is 2. The van der Waals surface area contributed by atoms with Gasteiger partial charge in [-0.3, -0.25) is 20.2 Å². The summed E-state index contributed by atoms with van der Waals surface area (Å²) in [5, 5.41) is 14.8. The summed E-state index contributed by atoms with van der Waals surface area (Å²) < 4.78 is 0.773. The standard InChI is InChI=1S/C16H10N4O3S/c21-15(11-8-17-12-4-2-1-3-10(11)12)19-16-18-13-7-9(20(22)23)5-6-14(13)24-16/h1-8,17H,(H,18,19,21). The van der Waals surface area contributed by atoms with Crippen molar-refractivity contribution in [2.24, 2.45) is 0 Å². The van der Waals surface area contributed by atoms with Crippen LogP contribution >= 0.6 is 11.3 Å². The summed E-state index contributed by atoms with van der Waals surface area (Å²) in [5.74, 6) is -0.277. The number of nitrogens with zero attached hydrogens (tertiary/aromatic N) is 2. The number of carbonyl (C=O) groups excluding carboxylic acids is 1. The first kappa shape index (κ1) is 14.3. The van der Waals surface area contributed by atoms with Gasteiger partial charge in [0, 0.05) is 29.2 Å². The molecule has 0 aliphatic carbocycles. The number of amides is 1. The van der Waals surface area contributed by atoms with Gasteiger partial charge in [0.25, 0.3) is 11.6 Å². The van der Waals surface area contributed by atoms with Crippen molar-refractivity contribution in [1.29, 1.82) is 0 Å². The molecule has 0 atom stereocenters. The molecular weight excluding hydrogens is 328 g/mol. The fraction of sp³-hybridized carbons (Fsp3) is 0. The minimum atomic E-state index is -0.469. The van der Waals surface area contributed by atoms with E-state index < -0.39 is 4.92 Å². The van der Waals surface area contributed by atoms with Gasteiger partial charge in [-0.05, 0) is 12.1 Å². The molecule has 0 bridgehead atoms. The topological polar surface area (TPSA) is 101 Å². The van der Waals surface area contributed by atoms with Gasteiger partial charge in [-0.2, -0.15) is 0 Å². The molecular formula is C16H10N4O3S. The molecule has 0 spiro atoms. The maximum atomic E-state index is 12.5. The van der Waals surface area contributed by atoms with Crippen LogP contribution in [0.3, 0.4) is 0 Å². The number of aromatic nitrogens is 2. The predicted octanol–water partition coefficient (Wildman–Crippen LogP) is 3.94. The maximum Gasteiger partial charge on any atom is 0.271 e. The second-order valence-corrected chi connectivity index (χ2v) is 6.16. The lowest BCUT2D eigenvalue weighted by atomic mass is 10.2. The molecule has 0 saturated heterocycles. The molecule has 0 aliphatic rings. The number of carbonyl (C=O) groups is 1. The number of nitrogens with one attached hydrogen (secondary N) is 2. The zero-order valence-corrected chi connectivity index (χ0v) is 13.0. The lowest BCUT2D eigenvalue weighted by molar-refractivity contribution is -0.384. The molecule has 0 unspecified atom stereocenters. The van der Waals surface area contributed by atoms with E-state index in [2.05, 4.69) is 15.3 Å². The van der Waals surface area contributed by atoms with Gasteiger partial charge in [-0.1, -0.05) is 29.5 Å². The van der Waals surface area contributed by atoms with Gasteiger partial charge in [0.2, 0.25) is 0 Å². The average molecular weight is 338 g/mol. The van der Waals surface area contributed by atoms with E-state index in [0.717, 1.165) is 15.6 Å². The number of fused-ring (bicyclic) bond motifs is 2. The minimum absolute atomic E-state index is 0.0256. The third-order valence-corrected chi connectivity index (χ3v) is 4.59. The van der Waals surface area contributed by atoms with Crippen LogP contribution in [-0.2, 0) is 0 Å². The number of aromatic amines is 1. The van der Waals surface area contributed by atoms with Crippen LogP contribution in [0.2, 0.25) is 0 Å². The lowest BCUT2D eigenvalue weighted by Gasteiger charge is -1.99. The number of nitro groups is 1. The molecule has 2 aromatic carbocycles. The summed E-state index contributed by atoms with van der Waals surface area (Å²) in [4.78, 5) is 30.1. The molecule has 2 aromatic heterocycles. The van der Waals surface area contributed by atoms with E-state index >= 15 is 0 Å². The van der Waals surface area contributed by atoms with Gasteiger partial charge in [-0.15, -0.1) is 0 Å². The van der Waals surface area contributed by atoms with Crippen molar-refractivity contribution in [2.45, 2.75) is 0 Å². The second kappa shape index (κ2) is 5.43. The van der Waals surface area contributed by atoms with E-state index in [1.54, 1.807) is 12.3 Å². The highest BCUT2D eigenvalue weighted by molar-refractivity contribution is 7.22. The van der Waals surface area contributed by atoms with Crippen LogP contribution in [0, 0.1) is 10.1 Å². The first-order valence-corrected chi connectivity index (χ1v) is 7.86. The second-order valence-electron chi connectivity index (χ2n) is 5.13. The van der Waals surface area contributed by atoms with Gasteiger partial charge < -0.3 is 4.98 Å². The van der Waals surface area contributed by atoms with Crippen LogP contribution in [0.1, 0.15) is 10.4 Å². The summed E-state index contributed by atoms with van der Waals surface area (Å²) in [6, 6.07) is 12.0. The van der Waals surface area contributed by atoms with Gasteiger partial charge in [0.15, 0.2) is 5.13 Å². The Labute approximate surface area is 139 Å². The Kier molecular flexibility index (Phi) is 3.24. The molecule has 7 nitrogen and oxygen atoms in total. The summed E-state index contributed by atoms with van der Waals surface area (Å²) in [6.45, 7) is 0. The monoisotopic (exact) mass is 338 g/mol. The van der Waals surface area contributed by atoms with Gasteiger partial charge in [0.1, 0.15) is 0 Å². The number of benzene rings is 2. The third kappa shape index (κ3) is 2.38. The zero-order valence-electron chi connectivity index (χ0n) is 12.1. The molecule has 118 valence electrons. The Morgan fingerprint density at radius 3 is 2.92 bits per heavy atom. The van der Waals surface area contributed by atoms with Crippen LogP contribution < -0.4 is 5.32 Å². The number of H-pyrrole nitrogens is 1. The van der Waals surface area contributed by atoms with E-state index in [-0.39, 0.29) is 11.6 Å². The van der Waals surface area contributed by atoms with Gasteiger partial charge in [0.05, 0.1) is 20.7 Å². The highest BCUT2D eigenvalue weighted by atomic mass is 32.1. The smallest absolute Gasteiger partial charge is 0.271 e. The van der Waals surface area contributed by atoms with Crippen LogP contribution in [-0.4, -0.2) is 20.8 Å². The van der Waals surface area contributed by atoms with E-state index in [9.17, 15) is 14.9 Å². The van der Waals surface area contributed by atoms with Crippen LogP contribution in [0.4, 0.5) is 10.8 Å². The molecule has 2 heterocycles. The molecule has 1 amide bonds. The van der Waals surface area contributed by atoms with Crippen molar-refractivity contribution in [3.63, 3.8) is 0 Å². The Balaban J connectivity index is 1.66. The number of nitro benzene ring substituents is 1. The van der Waals surface area contributed by atoms with E-state index in [0.29, 0.717) is 16.2 Å². The van der Waals surface area contributed by atoms with Crippen LogP contribution in [0.5, 0.6) is 0 Å². The van der Waals surface area contributed by atoms with Crippen molar-refractivity contribution >= 4 is 49.2 Å². The summed E-state index contributed by atoms with van der Waals surface area (Å²) >= 11 is 1.27. The normalized spacial score (nSPS) is 11.0. The van der Waals surface area contributed by atoms with Crippen molar-refractivity contribution < 1.29 is 9.72 Å². The zero-order chi connectivity index (χ0) is 16.7. The van der Waals surface area contributed by atoms with Crippen molar-refractivity contribution in [3.8, 4) is 0 Å². The van der Waals surface area contributed by atoms with Crippen molar-refractivity contribution in [2.75, 3.05) is 5.32 Å². The van der Waals surface area contributed by atoms with Gasteiger partial charge in [-0.25, -0.2) is 4.98 Å². The number of thiazole rings is 1. The molecule has 0 saturated carbocycles. The fourth-order valence-corrected chi connectivity index (χ4v) is 3.35. The summed E-state index contributed by atoms with van der Waals surface area (Å²) in [5.41, 5.74) is 1.86. The summed E-state index contributed by atoms with van der Waals surface area (Å²) in [7, 11) is 0. The number of hydrogen-bond acceptors (Lipinski definition) is 5. The quantitative estimate of drug-likeness (QED) is 0.436. The molecule has 4 aromatic rings. The number of anilines is 1. The van der Waals surface area contributed by atoms with E-state index in [1.165, 1.54) is 23.5 Å². The number of rotatable bonds is 3. The molecule has 0 fully saturated rings. The Morgan fingerprint density at radius 2 is 2.08 bits per heavy atom. The lowest BCUT2D eigenvalue weighted by Crippen LogP contribution is -2.10.